The minimum atomic E-state index is -0.917. The smallest absolute Gasteiger partial charge is 0.260 e. The maximum atomic E-state index is 12.0. The third-order valence-corrected chi connectivity index (χ3v) is 3.20. The summed E-state index contributed by atoms with van der Waals surface area (Å²) in [7, 11) is 0. The van der Waals surface area contributed by atoms with E-state index in [0.29, 0.717) is 23.1 Å². The van der Waals surface area contributed by atoms with E-state index in [4.69, 9.17) is 16.3 Å². The lowest BCUT2D eigenvalue weighted by Gasteiger charge is -2.26. The summed E-state index contributed by atoms with van der Waals surface area (Å²) < 4.78 is 5.53. The van der Waals surface area contributed by atoms with Crippen molar-refractivity contribution in [2.75, 3.05) is 6.54 Å². The Bertz CT molecular complexity index is 474. The first-order valence-corrected chi connectivity index (χ1v) is 7.50. The molecule has 0 aromatic heterocycles. The van der Waals surface area contributed by atoms with Gasteiger partial charge >= 0.3 is 0 Å². The Morgan fingerprint density at radius 1 is 1.43 bits per heavy atom. The fourth-order valence-corrected chi connectivity index (χ4v) is 2.35. The van der Waals surface area contributed by atoms with Crippen LogP contribution in [0.4, 0.5) is 0 Å². The van der Waals surface area contributed by atoms with E-state index in [2.05, 4.69) is 5.32 Å². The highest BCUT2D eigenvalue weighted by Gasteiger charge is 2.24. The SMILES string of the molecule is CC(C)CC(C)(O)CNC(=O)C(C)Oc1cccc(Cl)c1. The maximum Gasteiger partial charge on any atom is 0.260 e. The third kappa shape index (κ3) is 6.82. The summed E-state index contributed by atoms with van der Waals surface area (Å²) in [5.74, 6) is 0.634. The van der Waals surface area contributed by atoms with Gasteiger partial charge in [0.15, 0.2) is 6.10 Å². The topological polar surface area (TPSA) is 58.6 Å². The van der Waals surface area contributed by atoms with Gasteiger partial charge in [-0.1, -0.05) is 31.5 Å². The second kappa shape index (κ2) is 7.66. The van der Waals surface area contributed by atoms with Crippen molar-refractivity contribution in [1.82, 2.24) is 5.32 Å². The molecule has 0 aliphatic rings. The molecule has 0 saturated heterocycles. The molecule has 0 heterocycles. The summed E-state index contributed by atoms with van der Waals surface area (Å²) in [6.07, 6.45) is -0.0325. The molecule has 0 aliphatic heterocycles. The van der Waals surface area contributed by atoms with Gasteiger partial charge < -0.3 is 15.2 Å². The number of hydrogen-bond donors (Lipinski definition) is 2. The van der Waals surface area contributed by atoms with E-state index in [1.165, 1.54) is 0 Å². The molecule has 2 N–H and O–H groups in total. The Hall–Kier alpha value is -1.26. The van der Waals surface area contributed by atoms with Crippen molar-refractivity contribution in [2.24, 2.45) is 5.92 Å². The van der Waals surface area contributed by atoms with Crippen LogP contribution in [0.25, 0.3) is 0 Å². The van der Waals surface area contributed by atoms with E-state index in [-0.39, 0.29) is 12.5 Å². The maximum absolute atomic E-state index is 12.0. The second-order valence-electron chi connectivity index (χ2n) is 6.03. The van der Waals surface area contributed by atoms with Crippen molar-refractivity contribution in [3.05, 3.63) is 29.3 Å². The lowest BCUT2D eigenvalue weighted by Crippen LogP contribution is -2.45. The number of ether oxygens (including phenoxy) is 1. The Balaban J connectivity index is 2.48. The van der Waals surface area contributed by atoms with E-state index in [9.17, 15) is 9.90 Å². The molecule has 0 bridgehead atoms. The molecule has 1 amide bonds. The van der Waals surface area contributed by atoms with Gasteiger partial charge in [-0.05, 0) is 44.4 Å². The monoisotopic (exact) mass is 313 g/mol. The minimum Gasteiger partial charge on any atom is -0.481 e. The largest absolute Gasteiger partial charge is 0.481 e. The average molecular weight is 314 g/mol. The summed E-state index contributed by atoms with van der Waals surface area (Å²) in [6, 6.07) is 6.89. The van der Waals surface area contributed by atoms with Crippen molar-refractivity contribution in [1.29, 1.82) is 0 Å². The standard InChI is InChI=1S/C16H24ClNO3/c1-11(2)9-16(4,20)10-18-15(19)12(3)21-14-7-5-6-13(17)8-14/h5-8,11-12,20H,9-10H2,1-4H3,(H,18,19). The quantitative estimate of drug-likeness (QED) is 0.813. The van der Waals surface area contributed by atoms with E-state index in [0.717, 1.165) is 0 Å². The molecule has 2 atom stereocenters. The number of carbonyl (C=O) groups is 1. The highest BCUT2D eigenvalue weighted by atomic mass is 35.5. The number of amides is 1. The zero-order valence-electron chi connectivity index (χ0n) is 13.0. The van der Waals surface area contributed by atoms with Gasteiger partial charge in [0, 0.05) is 11.6 Å². The third-order valence-electron chi connectivity index (χ3n) is 2.97. The normalized spacial score (nSPS) is 15.4. The molecule has 1 rings (SSSR count). The lowest BCUT2D eigenvalue weighted by molar-refractivity contribution is -0.128. The Morgan fingerprint density at radius 2 is 2.10 bits per heavy atom. The number of hydrogen-bond acceptors (Lipinski definition) is 3. The number of benzene rings is 1. The molecule has 1 aromatic rings. The summed E-state index contributed by atoms with van der Waals surface area (Å²) in [5, 5.41) is 13.4. The van der Waals surface area contributed by atoms with Crippen LogP contribution in [-0.2, 0) is 4.79 Å². The fourth-order valence-electron chi connectivity index (χ4n) is 2.17. The Morgan fingerprint density at radius 3 is 2.67 bits per heavy atom. The fraction of sp³-hybridized carbons (Fsp3) is 0.562. The first-order chi connectivity index (χ1) is 9.69. The van der Waals surface area contributed by atoms with Crippen LogP contribution >= 0.6 is 11.6 Å². The van der Waals surface area contributed by atoms with Crippen molar-refractivity contribution in [3.8, 4) is 5.75 Å². The van der Waals surface area contributed by atoms with Crippen LogP contribution in [-0.4, -0.2) is 29.3 Å². The van der Waals surface area contributed by atoms with Gasteiger partial charge in [-0.25, -0.2) is 0 Å². The molecular formula is C16H24ClNO3. The van der Waals surface area contributed by atoms with Crippen LogP contribution in [0.3, 0.4) is 0 Å². The van der Waals surface area contributed by atoms with Gasteiger partial charge in [0.05, 0.1) is 5.60 Å². The van der Waals surface area contributed by atoms with Gasteiger partial charge in [0.1, 0.15) is 5.75 Å². The second-order valence-corrected chi connectivity index (χ2v) is 6.47. The molecule has 5 heteroatoms. The first-order valence-electron chi connectivity index (χ1n) is 7.12. The van der Waals surface area contributed by atoms with Gasteiger partial charge in [0.2, 0.25) is 0 Å². The van der Waals surface area contributed by atoms with Gasteiger partial charge in [0.25, 0.3) is 5.91 Å². The molecule has 0 saturated carbocycles. The van der Waals surface area contributed by atoms with Crippen molar-refractivity contribution in [3.63, 3.8) is 0 Å². The molecule has 0 fully saturated rings. The molecule has 0 aliphatic carbocycles. The Labute approximate surface area is 131 Å². The van der Waals surface area contributed by atoms with Gasteiger partial charge in [-0.3, -0.25) is 4.79 Å². The van der Waals surface area contributed by atoms with Gasteiger partial charge in [-0.15, -0.1) is 0 Å². The Kier molecular flexibility index (Phi) is 6.49. The van der Waals surface area contributed by atoms with Crippen molar-refractivity contribution < 1.29 is 14.6 Å². The lowest BCUT2D eigenvalue weighted by atomic mass is 9.94. The summed E-state index contributed by atoms with van der Waals surface area (Å²) >= 11 is 5.86. The molecule has 0 spiro atoms. The summed E-state index contributed by atoms with van der Waals surface area (Å²) in [4.78, 5) is 12.0. The highest BCUT2D eigenvalue weighted by molar-refractivity contribution is 6.30. The predicted molar refractivity (Wildman–Crippen MR) is 84.6 cm³/mol. The number of carbonyl (C=O) groups excluding carboxylic acids is 1. The molecule has 21 heavy (non-hydrogen) atoms. The molecule has 118 valence electrons. The van der Waals surface area contributed by atoms with Crippen LogP contribution in [0.2, 0.25) is 5.02 Å². The van der Waals surface area contributed by atoms with E-state index in [1.54, 1.807) is 38.1 Å². The van der Waals surface area contributed by atoms with E-state index >= 15 is 0 Å². The average Bonchev–Trinajstić information content (AvgIpc) is 2.34. The van der Waals surface area contributed by atoms with Crippen LogP contribution in [0.15, 0.2) is 24.3 Å². The number of rotatable bonds is 7. The predicted octanol–water partition coefficient (Wildman–Crippen LogP) is 3.02. The zero-order chi connectivity index (χ0) is 16.0. The summed E-state index contributed by atoms with van der Waals surface area (Å²) in [6.45, 7) is 7.64. The molecule has 0 radical (unpaired) electrons. The van der Waals surface area contributed by atoms with Crippen molar-refractivity contribution >= 4 is 17.5 Å². The van der Waals surface area contributed by atoms with E-state index < -0.39 is 11.7 Å². The van der Waals surface area contributed by atoms with Crippen LogP contribution in [0.1, 0.15) is 34.1 Å². The van der Waals surface area contributed by atoms with Crippen molar-refractivity contribution in [2.45, 2.75) is 45.8 Å². The zero-order valence-corrected chi connectivity index (χ0v) is 13.8. The number of nitrogens with one attached hydrogen (secondary N) is 1. The first kappa shape index (κ1) is 17.8. The number of aliphatic hydroxyl groups is 1. The van der Waals surface area contributed by atoms with Gasteiger partial charge in [-0.2, -0.15) is 0 Å². The minimum absolute atomic E-state index is 0.202. The molecular weight excluding hydrogens is 290 g/mol. The molecule has 2 unspecified atom stereocenters. The summed E-state index contributed by atoms with van der Waals surface area (Å²) in [5.41, 5.74) is -0.917. The molecule has 4 nitrogen and oxygen atoms in total. The molecule has 1 aromatic carbocycles. The number of halogens is 1. The highest BCUT2D eigenvalue weighted by Crippen LogP contribution is 2.19. The van der Waals surface area contributed by atoms with Crippen LogP contribution in [0, 0.1) is 5.92 Å². The van der Waals surface area contributed by atoms with Crippen LogP contribution in [0.5, 0.6) is 5.75 Å². The van der Waals surface area contributed by atoms with E-state index in [1.807, 2.05) is 13.8 Å². The van der Waals surface area contributed by atoms with Crippen LogP contribution < -0.4 is 10.1 Å².